The van der Waals surface area contributed by atoms with Crippen LogP contribution in [0.2, 0.25) is 0 Å². The number of aliphatic imine (C=N–C) groups is 1. The first-order chi connectivity index (χ1) is 14.6. The van der Waals surface area contributed by atoms with Crippen molar-refractivity contribution in [2.24, 2.45) is 10.9 Å². The highest BCUT2D eigenvalue weighted by molar-refractivity contribution is 14.0. The number of nitrogens with zero attached hydrogens (tertiary/aromatic N) is 4. The fraction of sp³-hybridized carbons (Fsp3) is 0.708. The average molecular weight is 543 g/mol. The van der Waals surface area contributed by atoms with Crippen LogP contribution in [0.4, 0.5) is 0 Å². The topological polar surface area (TPSA) is 46.1 Å². The van der Waals surface area contributed by atoms with Crippen molar-refractivity contribution < 1.29 is 0 Å². The van der Waals surface area contributed by atoms with E-state index in [0.717, 1.165) is 45.2 Å². The van der Waals surface area contributed by atoms with Gasteiger partial charge in [-0.3, -0.25) is 9.89 Å². The lowest BCUT2D eigenvalue weighted by Gasteiger charge is -2.34. The van der Waals surface area contributed by atoms with Crippen LogP contribution in [0.15, 0.2) is 35.3 Å². The highest BCUT2D eigenvalue weighted by Crippen LogP contribution is 2.14. The summed E-state index contributed by atoms with van der Waals surface area (Å²) < 4.78 is 0. The summed E-state index contributed by atoms with van der Waals surface area (Å²) in [6.45, 7) is 15.5. The minimum absolute atomic E-state index is 0. The van der Waals surface area contributed by atoms with E-state index in [1.165, 1.54) is 44.6 Å². The number of likely N-dealkylation sites (tertiary alicyclic amines) is 1. The largest absolute Gasteiger partial charge is 0.357 e. The Morgan fingerprint density at radius 2 is 1.71 bits per heavy atom. The number of guanidine groups is 1. The summed E-state index contributed by atoms with van der Waals surface area (Å²) in [5.74, 6) is 1.57. The molecule has 2 N–H and O–H groups in total. The molecule has 0 bridgehead atoms. The van der Waals surface area contributed by atoms with Crippen LogP contribution in [-0.2, 0) is 6.54 Å². The molecule has 0 spiro atoms. The number of likely N-dealkylation sites (N-methyl/N-ethyl adjacent to an activating group) is 1. The molecule has 7 heteroatoms. The Morgan fingerprint density at radius 1 is 1.03 bits per heavy atom. The van der Waals surface area contributed by atoms with Crippen molar-refractivity contribution in [2.75, 3.05) is 66.0 Å². The maximum Gasteiger partial charge on any atom is 0.191 e. The second-order valence-corrected chi connectivity index (χ2v) is 9.11. The molecule has 0 aliphatic carbocycles. The Labute approximate surface area is 206 Å². The molecule has 1 aromatic rings. The van der Waals surface area contributed by atoms with Crippen molar-refractivity contribution in [3.05, 3.63) is 35.9 Å². The van der Waals surface area contributed by atoms with Crippen molar-refractivity contribution in [1.82, 2.24) is 25.3 Å². The van der Waals surface area contributed by atoms with Gasteiger partial charge < -0.3 is 20.4 Å². The minimum Gasteiger partial charge on any atom is -0.357 e. The zero-order valence-corrected chi connectivity index (χ0v) is 22.1. The SMILES string of the molecule is CCNC(=NCC(C)CN1CCN(C)CC1)NC1CCN(Cc2ccccc2)CC1.I. The highest BCUT2D eigenvalue weighted by Gasteiger charge is 2.20. The molecule has 3 rings (SSSR count). The van der Waals surface area contributed by atoms with E-state index in [4.69, 9.17) is 4.99 Å². The van der Waals surface area contributed by atoms with Gasteiger partial charge in [0.25, 0.3) is 0 Å². The second-order valence-electron chi connectivity index (χ2n) is 9.11. The van der Waals surface area contributed by atoms with Gasteiger partial charge in [-0.1, -0.05) is 37.3 Å². The lowest BCUT2D eigenvalue weighted by Crippen LogP contribution is -2.49. The molecule has 2 aliphatic heterocycles. The van der Waals surface area contributed by atoms with Gasteiger partial charge in [-0.2, -0.15) is 0 Å². The van der Waals surface area contributed by atoms with E-state index < -0.39 is 0 Å². The molecule has 1 aromatic carbocycles. The monoisotopic (exact) mass is 542 g/mol. The van der Waals surface area contributed by atoms with Crippen LogP contribution in [0.5, 0.6) is 0 Å². The lowest BCUT2D eigenvalue weighted by atomic mass is 10.0. The molecule has 6 nitrogen and oxygen atoms in total. The molecule has 2 heterocycles. The summed E-state index contributed by atoms with van der Waals surface area (Å²) in [5.41, 5.74) is 1.41. The maximum atomic E-state index is 4.92. The van der Waals surface area contributed by atoms with Crippen molar-refractivity contribution in [3.8, 4) is 0 Å². The smallest absolute Gasteiger partial charge is 0.191 e. The van der Waals surface area contributed by atoms with Gasteiger partial charge in [0.15, 0.2) is 5.96 Å². The van der Waals surface area contributed by atoms with Gasteiger partial charge in [0.1, 0.15) is 0 Å². The molecular formula is C24H43IN6. The molecule has 1 unspecified atom stereocenters. The maximum absolute atomic E-state index is 4.92. The van der Waals surface area contributed by atoms with Gasteiger partial charge >= 0.3 is 0 Å². The van der Waals surface area contributed by atoms with E-state index in [0.29, 0.717) is 12.0 Å². The van der Waals surface area contributed by atoms with Crippen LogP contribution < -0.4 is 10.6 Å². The summed E-state index contributed by atoms with van der Waals surface area (Å²) >= 11 is 0. The van der Waals surface area contributed by atoms with Crippen molar-refractivity contribution in [1.29, 1.82) is 0 Å². The van der Waals surface area contributed by atoms with E-state index in [2.05, 4.69) is 76.6 Å². The third kappa shape index (κ3) is 9.63. The Hall–Kier alpha value is -0.900. The molecule has 1 atom stereocenters. The van der Waals surface area contributed by atoms with Crippen molar-refractivity contribution >= 4 is 29.9 Å². The van der Waals surface area contributed by atoms with Crippen LogP contribution in [0.3, 0.4) is 0 Å². The number of hydrogen-bond donors (Lipinski definition) is 2. The van der Waals surface area contributed by atoms with Gasteiger partial charge in [0, 0.05) is 71.5 Å². The Morgan fingerprint density at radius 3 is 2.35 bits per heavy atom. The Balaban J connectivity index is 0.00000341. The van der Waals surface area contributed by atoms with Crippen LogP contribution in [0.1, 0.15) is 32.3 Å². The first-order valence-corrected chi connectivity index (χ1v) is 11.8. The van der Waals surface area contributed by atoms with Crippen LogP contribution in [-0.4, -0.2) is 92.7 Å². The first kappa shape index (κ1) is 26.4. The Kier molecular flexibility index (Phi) is 12.1. The fourth-order valence-corrected chi connectivity index (χ4v) is 4.37. The quantitative estimate of drug-likeness (QED) is 0.301. The van der Waals surface area contributed by atoms with Crippen molar-refractivity contribution in [2.45, 2.75) is 39.3 Å². The lowest BCUT2D eigenvalue weighted by molar-refractivity contribution is 0.140. The van der Waals surface area contributed by atoms with Crippen LogP contribution >= 0.6 is 24.0 Å². The number of halogens is 1. The predicted octanol–water partition coefficient (Wildman–Crippen LogP) is 2.71. The minimum atomic E-state index is 0. The number of rotatable bonds is 8. The summed E-state index contributed by atoms with van der Waals surface area (Å²) in [7, 11) is 2.21. The molecule has 0 amide bonds. The molecule has 0 aromatic heterocycles. The van der Waals surface area contributed by atoms with E-state index >= 15 is 0 Å². The predicted molar refractivity (Wildman–Crippen MR) is 142 cm³/mol. The zero-order valence-electron chi connectivity index (χ0n) is 19.7. The number of nitrogens with one attached hydrogen (secondary N) is 2. The molecule has 2 saturated heterocycles. The summed E-state index contributed by atoms with van der Waals surface area (Å²) in [6.07, 6.45) is 2.35. The first-order valence-electron chi connectivity index (χ1n) is 11.8. The van der Waals surface area contributed by atoms with Crippen molar-refractivity contribution in [3.63, 3.8) is 0 Å². The molecule has 2 aliphatic rings. The zero-order chi connectivity index (χ0) is 21.2. The van der Waals surface area contributed by atoms with Crippen LogP contribution in [0.25, 0.3) is 0 Å². The number of piperidine rings is 1. The third-order valence-corrected chi connectivity index (χ3v) is 6.25. The summed E-state index contributed by atoms with van der Waals surface area (Å²) in [4.78, 5) is 12.5. The normalized spacial score (nSPS) is 20.8. The van der Waals surface area contributed by atoms with E-state index in [9.17, 15) is 0 Å². The van der Waals surface area contributed by atoms with E-state index in [-0.39, 0.29) is 24.0 Å². The number of benzene rings is 1. The third-order valence-electron chi connectivity index (χ3n) is 6.25. The standard InChI is InChI=1S/C24H42N6.HI/c1-4-25-24(26-18-21(2)19-30-16-14-28(3)15-17-30)27-23-10-12-29(13-11-23)20-22-8-6-5-7-9-22;/h5-9,21,23H,4,10-20H2,1-3H3,(H2,25,26,27);1H. The van der Waals surface area contributed by atoms with Gasteiger partial charge in [-0.25, -0.2) is 0 Å². The highest BCUT2D eigenvalue weighted by atomic mass is 127. The summed E-state index contributed by atoms with van der Waals surface area (Å²) in [6, 6.07) is 11.3. The Bertz CT molecular complexity index is 624. The molecule has 0 radical (unpaired) electrons. The van der Waals surface area contributed by atoms with Gasteiger partial charge in [-0.05, 0) is 38.3 Å². The summed E-state index contributed by atoms with van der Waals surface area (Å²) in [5, 5.41) is 7.15. The van der Waals surface area contributed by atoms with Gasteiger partial charge in [-0.15, -0.1) is 24.0 Å². The number of hydrogen-bond acceptors (Lipinski definition) is 4. The molecule has 2 fully saturated rings. The molecule has 0 saturated carbocycles. The van der Waals surface area contributed by atoms with Gasteiger partial charge in [0.2, 0.25) is 0 Å². The van der Waals surface area contributed by atoms with Gasteiger partial charge in [0.05, 0.1) is 0 Å². The fourth-order valence-electron chi connectivity index (χ4n) is 4.37. The van der Waals surface area contributed by atoms with E-state index in [1.807, 2.05) is 0 Å². The van der Waals surface area contributed by atoms with E-state index in [1.54, 1.807) is 0 Å². The average Bonchev–Trinajstić information content (AvgIpc) is 2.76. The molecule has 176 valence electrons. The molecular weight excluding hydrogens is 499 g/mol. The molecule has 31 heavy (non-hydrogen) atoms. The van der Waals surface area contributed by atoms with Crippen LogP contribution in [0, 0.1) is 5.92 Å². The number of piperazine rings is 1. The second kappa shape index (κ2) is 14.3.